The van der Waals surface area contributed by atoms with Crippen LogP contribution in [0.25, 0.3) is 0 Å². The first-order valence-corrected chi connectivity index (χ1v) is 11.0. The van der Waals surface area contributed by atoms with Crippen LogP contribution in [0.2, 0.25) is 5.02 Å². The molecule has 1 fully saturated rings. The number of thiocarbonyl (C=S) groups is 1. The van der Waals surface area contributed by atoms with Crippen LogP contribution < -0.4 is 10.6 Å². The normalized spacial score (nSPS) is 28.8. The zero-order valence-corrected chi connectivity index (χ0v) is 18.2. The first-order chi connectivity index (χ1) is 14.9. The first-order valence-electron chi connectivity index (χ1n) is 10.2. The molecule has 1 aliphatic heterocycles. The van der Waals surface area contributed by atoms with Crippen molar-refractivity contribution in [1.29, 1.82) is 0 Å². The minimum atomic E-state index is -1.08. The van der Waals surface area contributed by atoms with Crippen LogP contribution in [0.15, 0.2) is 53.6 Å². The number of aliphatic imine (C=N–C) groups is 1. The van der Waals surface area contributed by atoms with Gasteiger partial charge in [-0.25, -0.2) is 9.18 Å². The lowest BCUT2D eigenvalue weighted by atomic mass is 9.77. The summed E-state index contributed by atoms with van der Waals surface area (Å²) in [6, 6.07) is 1.37. The van der Waals surface area contributed by atoms with Gasteiger partial charge >= 0.3 is 5.97 Å². The van der Waals surface area contributed by atoms with E-state index in [1.807, 2.05) is 17.7 Å². The molecule has 0 bridgehead atoms. The summed E-state index contributed by atoms with van der Waals surface area (Å²) in [4.78, 5) is 19.5. The highest BCUT2D eigenvalue weighted by molar-refractivity contribution is 7.79. The Labute approximate surface area is 190 Å². The summed E-state index contributed by atoms with van der Waals surface area (Å²) in [5.74, 6) is -0.852. The van der Waals surface area contributed by atoms with Gasteiger partial charge in [0.25, 0.3) is 5.11 Å². The molecule has 2 heterocycles. The van der Waals surface area contributed by atoms with E-state index in [1.165, 1.54) is 12.3 Å². The fraction of sp³-hybridized carbons (Fsp3) is 0.364. The Kier molecular flexibility index (Phi) is 6.60. The average Bonchev–Trinajstić information content (AvgIpc) is 2.91. The van der Waals surface area contributed by atoms with Gasteiger partial charge < -0.3 is 10.4 Å². The van der Waals surface area contributed by atoms with Crippen LogP contribution >= 0.6 is 23.8 Å². The van der Waals surface area contributed by atoms with Crippen molar-refractivity contribution in [2.45, 2.75) is 25.4 Å². The Hall–Kier alpha value is -2.42. The van der Waals surface area contributed by atoms with E-state index in [9.17, 15) is 9.18 Å². The number of nitrogens with zero attached hydrogens (tertiary/aromatic N) is 2. The van der Waals surface area contributed by atoms with Gasteiger partial charge in [-0.05, 0) is 30.9 Å². The minimum absolute atomic E-state index is 0.000262. The van der Waals surface area contributed by atoms with Gasteiger partial charge in [0, 0.05) is 42.7 Å². The van der Waals surface area contributed by atoms with Crippen LogP contribution in [0.5, 0.6) is 0 Å². The summed E-state index contributed by atoms with van der Waals surface area (Å²) in [5.41, 5.74) is 0.537. The highest BCUT2D eigenvalue weighted by atomic mass is 35.5. The molecule has 4 rings (SSSR count). The highest BCUT2D eigenvalue weighted by Gasteiger charge is 2.45. The number of carboxylic acid groups (broad SMARTS) is 1. The third kappa shape index (κ3) is 4.76. The zero-order valence-electron chi connectivity index (χ0n) is 16.6. The van der Waals surface area contributed by atoms with Crippen molar-refractivity contribution in [1.82, 2.24) is 10.3 Å². The fourth-order valence-corrected chi connectivity index (χ4v) is 5.10. The van der Waals surface area contributed by atoms with Crippen LogP contribution in [0.4, 0.5) is 4.39 Å². The first kappa shape index (κ1) is 21.8. The Morgan fingerprint density at radius 1 is 1.35 bits per heavy atom. The molecule has 0 amide bonds. The molecule has 0 saturated heterocycles. The van der Waals surface area contributed by atoms with Crippen molar-refractivity contribution in [2.75, 3.05) is 0 Å². The second-order valence-electron chi connectivity index (χ2n) is 8.00. The predicted octanol–water partition coefficient (Wildman–Crippen LogP) is 3.02. The van der Waals surface area contributed by atoms with Crippen LogP contribution in [-0.2, 0) is 6.54 Å². The second-order valence-corrected chi connectivity index (χ2v) is 8.85. The molecule has 0 aromatic carbocycles. The highest BCUT2D eigenvalue weighted by Crippen LogP contribution is 2.41. The molecule has 1 aromatic heterocycles. The SMILES string of the molecule is O=C(O)c1cnc(CNC(=S)[NH2+]C2C3C=NC=CC3CCC3C(F)=CC=CC32)c(Cl)c1. The molecule has 1 saturated carbocycles. The second kappa shape index (κ2) is 9.38. The van der Waals surface area contributed by atoms with E-state index in [-0.39, 0.29) is 46.8 Å². The number of hydrogen-bond donors (Lipinski definition) is 3. The van der Waals surface area contributed by atoms with E-state index < -0.39 is 5.97 Å². The Bertz CT molecular complexity index is 1010. The molecular formula is C22H23ClFN4O2S+. The van der Waals surface area contributed by atoms with E-state index in [0.29, 0.717) is 16.7 Å². The van der Waals surface area contributed by atoms with Crippen molar-refractivity contribution in [3.05, 3.63) is 64.9 Å². The molecule has 31 heavy (non-hydrogen) atoms. The number of aromatic nitrogens is 1. The fourth-order valence-electron chi connectivity index (χ4n) is 4.63. The van der Waals surface area contributed by atoms with Gasteiger partial charge in [-0.15, -0.1) is 0 Å². The largest absolute Gasteiger partial charge is 0.478 e. The van der Waals surface area contributed by atoms with E-state index >= 15 is 0 Å². The number of fused-ring (bicyclic) bond motifs is 2. The van der Waals surface area contributed by atoms with Gasteiger partial charge in [0.2, 0.25) is 0 Å². The van der Waals surface area contributed by atoms with E-state index in [0.717, 1.165) is 12.8 Å². The van der Waals surface area contributed by atoms with E-state index in [1.54, 1.807) is 12.2 Å². The molecule has 2 aliphatic carbocycles. The van der Waals surface area contributed by atoms with Crippen LogP contribution in [-0.4, -0.2) is 33.4 Å². The quantitative estimate of drug-likeness (QED) is 0.599. The molecule has 4 N–H and O–H groups in total. The molecule has 0 spiro atoms. The number of pyridine rings is 1. The van der Waals surface area contributed by atoms with Crippen molar-refractivity contribution in [2.24, 2.45) is 28.7 Å². The third-order valence-electron chi connectivity index (χ3n) is 6.22. The number of hydrogen-bond acceptors (Lipinski definition) is 4. The topological polar surface area (TPSA) is 91.2 Å². The molecule has 5 atom stereocenters. The lowest BCUT2D eigenvalue weighted by molar-refractivity contribution is -0.595. The van der Waals surface area contributed by atoms with Crippen LogP contribution in [0.1, 0.15) is 28.9 Å². The lowest BCUT2D eigenvalue weighted by Gasteiger charge is -2.33. The van der Waals surface area contributed by atoms with Crippen LogP contribution in [0.3, 0.4) is 0 Å². The number of allylic oxidation sites excluding steroid dienone is 4. The number of quaternary nitrogens is 1. The summed E-state index contributed by atoms with van der Waals surface area (Å²) in [5, 5.41) is 15.0. The number of rotatable bonds is 4. The van der Waals surface area contributed by atoms with Crippen molar-refractivity contribution in [3.63, 3.8) is 0 Å². The number of aromatic carboxylic acids is 1. The zero-order chi connectivity index (χ0) is 22.0. The molecule has 3 aliphatic rings. The summed E-state index contributed by atoms with van der Waals surface area (Å²) < 4.78 is 14.6. The molecule has 5 unspecified atom stereocenters. The van der Waals surface area contributed by atoms with Gasteiger partial charge in [0.15, 0.2) is 0 Å². The number of carbonyl (C=O) groups is 1. The minimum Gasteiger partial charge on any atom is -0.478 e. The number of nitrogens with one attached hydrogen (secondary N) is 1. The van der Waals surface area contributed by atoms with Gasteiger partial charge in [-0.1, -0.05) is 29.8 Å². The van der Waals surface area contributed by atoms with Crippen LogP contribution in [0, 0.1) is 23.7 Å². The number of nitrogens with two attached hydrogens (primary N) is 1. The van der Waals surface area contributed by atoms with Crippen molar-refractivity contribution >= 4 is 41.1 Å². The average molecular weight is 462 g/mol. The Morgan fingerprint density at radius 2 is 2.19 bits per heavy atom. The maximum atomic E-state index is 14.6. The smallest absolute Gasteiger partial charge is 0.337 e. The van der Waals surface area contributed by atoms with Gasteiger partial charge in [0.1, 0.15) is 11.9 Å². The lowest BCUT2D eigenvalue weighted by Crippen LogP contribution is -2.98. The van der Waals surface area contributed by atoms with Gasteiger partial charge in [-0.2, -0.15) is 0 Å². The maximum absolute atomic E-state index is 14.6. The van der Waals surface area contributed by atoms with Gasteiger partial charge in [0.05, 0.1) is 28.7 Å². The van der Waals surface area contributed by atoms with E-state index in [4.69, 9.17) is 28.9 Å². The predicted molar refractivity (Wildman–Crippen MR) is 121 cm³/mol. The standard InChI is InChI=1S/C22H22ClFN4O2S/c23-17-8-13(21(29)30)9-26-19(17)11-27-22(31)28-20-15-2-1-3-18(24)14(15)5-4-12-6-7-25-10-16(12)20/h1-3,6-10,12,14-16,20H,4-5,11H2,(H,29,30)(H2,27,28,31)/p+1. The monoisotopic (exact) mass is 461 g/mol. The van der Waals surface area contributed by atoms with Crippen molar-refractivity contribution in [3.8, 4) is 0 Å². The summed E-state index contributed by atoms with van der Waals surface area (Å²) in [6.45, 7) is 0.265. The molecule has 6 nitrogen and oxygen atoms in total. The number of halogens is 2. The van der Waals surface area contributed by atoms with Crippen molar-refractivity contribution < 1.29 is 19.6 Å². The van der Waals surface area contributed by atoms with E-state index in [2.05, 4.69) is 27.4 Å². The summed E-state index contributed by atoms with van der Waals surface area (Å²) in [7, 11) is 0. The third-order valence-corrected chi connectivity index (χ3v) is 6.83. The molecule has 0 radical (unpaired) electrons. The summed E-state index contributed by atoms with van der Waals surface area (Å²) in [6.07, 6.45) is 14.3. The molecule has 162 valence electrons. The summed E-state index contributed by atoms with van der Waals surface area (Å²) >= 11 is 11.7. The van der Waals surface area contributed by atoms with Gasteiger partial charge in [-0.3, -0.25) is 15.3 Å². The number of carboxylic acids is 1. The molecular weight excluding hydrogens is 439 g/mol. The molecule has 9 heteroatoms. The Balaban J connectivity index is 1.48. The Morgan fingerprint density at radius 3 is 2.97 bits per heavy atom. The molecule has 1 aromatic rings. The maximum Gasteiger partial charge on any atom is 0.337 e.